The van der Waals surface area contributed by atoms with Gasteiger partial charge in [0.1, 0.15) is 6.04 Å². The molecule has 106 valence electrons. The van der Waals surface area contributed by atoms with Crippen molar-refractivity contribution in [3.63, 3.8) is 0 Å². The first-order chi connectivity index (χ1) is 8.68. The van der Waals surface area contributed by atoms with E-state index in [1.807, 2.05) is 31.2 Å². The van der Waals surface area contributed by atoms with E-state index in [0.717, 1.165) is 25.1 Å². The Morgan fingerprint density at radius 1 is 1.26 bits per heavy atom. The molecule has 0 spiro atoms. The van der Waals surface area contributed by atoms with E-state index in [4.69, 9.17) is 10.5 Å². The predicted molar refractivity (Wildman–Crippen MR) is 77.4 cm³/mol. The van der Waals surface area contributed by atoms with Crippen LogP contribution >= 0.6 is 12.4 Å². The van der Waals surface area contributed by atoms with Crippen molar-refractivity contribution in [1.82, 2.24) is 4.90 Å². The van der Waals surface area contributed by atoms with E-state index in [1.54, 1.807) is 4.90 Å². The molecule has 5 heteroatoms. The second-order valence-corrected chi connectivity index (χ2v) is 4.68. The number of hydrogen-bond donors (Lipinski definition) is 1. The van der Waals surface area contributed by atoms with Gasteiger partial charge in [-0.05, 0) is 18.9 Å². The predicted octanol–water partition coefficient (Wildman–Crippen LogP) is 1.67. The highest BCUT2D eigenvalue weighted by atomic mass is 35.5. The summed E-state index contributed by atoms with van der Waals surface area (Å²) in [5.74, 6) is -0.00986. The molecule has 0 aliphatic carbocycles. The average Bonchev–Trinajstić information content (AvgIpc) is 2.67. The van der Waals surface area contributed by atoms with Crippen LogP contribution in [-0.4, -0.2) is 37.1 Å². The number of nitrogens with zero attached hydrogens (tertiary/aromatic N) is 1. The molecule has 19 heavy (non-hydrogen) atoms. The van der Waals surface area contributed by atoms with Gasteiger partial charge >= 0.3 is 0 Å². The fraction of sp³-hybridized carbons (Fsp3) is 0.500. The van der Waals surface area contributed by atoms with E-state index in [9.17, 15) is 4.79 Å². The number of halogens is 1. The number of rotatable bonds is 2. The van der Waals surface area contributed by atoms with Crippen molar-refractivity contribution in [2.45, 2.75) is 19.4 Å². The Labute approximate surface area is 120 Å². The lowest BCUT2D eigenvalue weighted by molar-refractivity contribution is -0.132. The van der Waals surface area contributed by atoms with Crippen LogP contribution in [0.15, 0.2) is 24.3 Å². The molecule has 1 aromatic rings. The molecule has 1 aliphatic heterocycles. The molecule has 1 saturated heterocycles. The molecule has 1 unspecified atom stereocenters. The minimum Gasteiger partial charge on any atom is -0.380 e. The molecular formula is C14H21ClN2O2. The van der Waals surface area contributed by atoms with Gasteiger partial charge in [-0.15, -0.1) is 12.4 Å². The van der Waals surface area contributed by atoms with Gasteiger partial charge in [-0.2, -0.15) is 0 Å². The average molecular weight is 285 g/mol. The largest absolute Gasteiger partial charge is 0.380 e. The number of nitrogens with two attached hydrogens (primary N) is 1. The van der Waals surface area contributed by atoms with E-state index in [0.29, 0.717) is 13.2 Å². The lowest BCUT2D eigenvalue weighted by Crippen LogP contribution is -2.39. The van der Waals surface area contributed by atoms with Crippen LogP contribution in [0, 0.1) is 6.92 Å². The first-order valence-corrected chi connectivity index (χ1v) is 6.37. The van der Waals surface area contributed by atoms with Crippen LogP contribution in [0.3, 0.4) is 0 Å². The lowest BCUT2D eigenvalue weighted by atomic mass is 10.0. The molecule has 0 radical (unpaired) electrons. The number of aryl methyl sites for hydroxylation is 1. The summed E-state index contributed by atoms with van der Waals surface area (Å²) in [7, 11) is 0. The Bertz CT molecular complexity index is 400. The summed E-state index contributed by atoms with van der Waals surface area (Å²) in [5.41, 5.74) is 8.08. The van der Waals surface area contributed by atoms with Gasteiger partial charge in [0.25, 0.3) is 0 Å². The van der Waals surface area contributed by atoms with E-state index in [2.05, 4.69) is 0 Å². The summed E-state index contributed by atoms with van der Waals surface area (Å²) in [5, 5.41) is 0. The molecule has 2 rings (SSSR count). The highest BCUT2D eigenvalue weighted by Gasteiger charge is 2.23. The second kappa shape index (κ2) is 7.48. The molecule has 0 saturated carbocycles. The molecule has 0 aromatic heterocycles. The number of carbonyl (C=O) groups excluding carboxylic acids is 1. The van der Waals surface area contributed by atoms with E-state index in [-0.39, 0.29) is 18.3 Å². The number of benzene rings is 1. The first-order valence-electron chi connectivity index (χ1n) is 6.37. The van der Waals surface area contributed by atoms with Gasteiger partial charge in [0, 0.05) is 19.7 Å². The summed E-state index contributed by atoms with van der Waals surface area (Å²) < 4.78 is 5.34. The van der Waals surface area contributed by atoms with Crippen molar-refractivity contribution in [2.75, 3.05) is 26.3 Å². The fourth-order valence-corrected chi connectivity index (χ4v) is 2.08. The van der Waals surface area contributed by atoms with Crippen LogP contribution in [0.4, 0.5) is 0 Å². The third-order valence-electron chi connectivity index (χ3n) is 3.24. The Morgan fingerprint density at radius 3 is 2.63 bits per heavy atom. The van der Waals surface area contributed by atoms with Crippen LogP contribution in [0.25, 0.3) is 0 Å². The summed E-state index contributed by atoms with van der Waals surface area (Å²) in [6, 6.07) is 7.24. The molecule has 1 aromatic carbocycles. The summed E-state index contributed by atoms with van der Waals surface area (Å²) >= 11 is 0. The lowest BCUT2D eigenvalue weighted by Gasteiger charge is -2.23. The van der Waals surface area contributed by atoms with Crippen LogP contribution in [0.2, 0.25) is 0 Å². The van der Waals surface area contributed by atoms with Gasteiger partial charge in [0.15, 0.2) is 0 Å². The molecule has 2 N–H and O–H groups in total. The van der Waals surface area contributed by atoms with E-state index >= 15 is 0 Å². The Morgan fingerprint density at radius 2 is 1.95 bits per heavy atom. The molecular weight excluding hydrogens is 264 g/mol. The number of amides is 1. The van der Waals surface area contributed by atoms with Crippen molar-refractivity contribution in [3.05, 3.63) is 35.4 Å². The van der Waals surface area contributed by atoms with Crippen molar-refractivity contribution in [2.24, 2.45) is 5.73 Å². The standard InChI is InChI=1S/C14H20N2O2.ClH/c1-11-3-5-12(6-4-11)13(15)14(17)16-7-2-9-18-10-8-16;/h3-6,13H,2,7-10,15H2,1H3;1H. The molecule has 0 bridgehead atoms. The van der Waals surface area contributed by atoms with Gasteiger partial charge in [0.05, 0.1) is 6.61 Å². The number of carbonyl (C=O) groups is 1. The fourth-order valence-electron chi connectivity index (χ4n) is 2.08. The van der Waals surface area contributed by atoms with Crippen LogP contribution in [0.5, 0.6) is 0 Å². The molecule has 4 nitrogen and oxygen atoms in total. The SMILES string of the molecule is Cc1ccc(C(N)C(=O)N2CCCOCC2)cc1.Cl. The molecule has 1 aliphatic rings. The van der Waals surface area contributed by atoms with E-state index < -0.39 is 6.04 Å². The van der Waals surface area contributed by atoms with Crippen LogP contribution in [0.1, 0.15) is 23.6 Å². The van der Waals surface area contributed by atoms with Crippen LogP contribution in [-0.2, 0) is 9.53 Å². The Balaban J connectivity index is 0.00000180. The highest BCUT2D eigenvalue weighted by molar-refractivity contribution is 5.85. The molecule has 1 heterocycles. The van der Waals surface area contributed by atoms with Gasteiger partial charge in [-0.25, -0.2) is 0 Å². The van der Waals surface area contributed by atoms with Gasteiger partial charge < -0.3 is 15.4 Å². The molecule has 1 amide bonds. The third kappa shape index (κ3) is 4.20. The highest BCUT2D eigenvalue weighted by Crippen LogP contribution is 2.15. The maximum Gasteiger partial charge on any atom is 0.244 e. The monoisotopic (exact) mass is 284 g/mol. The Kier molecular flexibility index (Phi) is 6.28. The van der Waals surface area contributed by atoms with Crippen molar-refractivity contribution < 1.29 is 9.53 Å². The topological polar surface area (TPSA) is 55.6 Å². The summed E-state index contributed by atoms with van der Waals surface area (Å²) in [6.45, 7) is 4.72. The van der Waals surface area contributed by atoms with Crippen molar-refractivity contribution in [3.8, 4) is 0 Å². The van der Waals surface area contributed by atoms with Gasteiger partial charge in [-0.3, -0.25) is 4.79 Å². The maximum atomic E-state index is 12.3. The first kappa shape index (κ1) is 16.0. The number of hydrogen-bond acceptors (Lipinski definition) is 3. The zero-order chi connectivity index (χ0) is 13.0. The smallest absolute Gasteiger partial charge is 0.244 e. The zero-order valence-corrected chi connectivity index (χ0v) is 12.0. The van der Waals surface area contributed by atoms with Gasteiger partial charge in [0.2, 0.25) is 5.91 Å². The van der Waals surface area contributed by atoms with Gasteiger partial charge in [-0.1, -0.05) is 29.8 Å². The van der Waals surface area contributed by atoms with E-state index in [1.165, 1.54) is 5.56 Å². The van der Waals surface area contributed by atoms with Crippen molar-refractivity contribution in [1.29, 1.82) is 0 Å². The Hall–Kier alpha value is -1.10. The molecule has 1 fully saturated rings. The number of ether oxygens (including phenoxy) is 1. The minimum absolute atomic E-state index is 0. The minimum atomic E-state index is -0.566. The maximum absolute atomic E-state index is 12.3. The quantitative estimate of drug-likeness (QED) is 0.899. The third-order valence-corrected chi connectivity index (χ3v) is 3.24. The van der Waals surface area contributed by atoms with Crippen molar-refractivity contribution >= 4 is 18.3 Å². The second-order valence-electron chi connectivity index (χ2n) is 4.68. The summed E-state index contributed by atoms with van der Waals surface area (Å²) in [4.78, 5) is 14.1. The molecule has 1 atom stereocenters. The zero-order valence-electron chi connectivity index (χ0n) is 11.2. The summed E-state index contributed by atoms with van der Waals surface area (Å²) in [6.07, 6.45) is 0.881. The van der Waals surface area contributed by atoms with Crippen LogP contribution < -0.4 is 5.73 Å². The normalized spacial score (nSPS) is 17.3.